The molecule has 0 radical (unpaired) electrons. The molecule has 11 heteroatoms. The lowest BCUT2D eigenvalue weighted by atomic mass is 10.2. The summed E-state index contributed by atoms with van der Waals surface area (Å²) in [6.07, 6.45) is 3.95. The highest BCUT2D eigenvalue weighted by molar-refractivity contribution is 7.99. The number of halogens is 3. The zero-order valence-electron chi connectivity index (χ0n) is 17.3. The van der Waals surface area contributed by atoms with Gasteiger partial charge in [0.25, 0.3) is 0 Å². The summed E-state index contributed by atoms with van der Waals surface area (Å²) < 4.78 is 17.5. The number of hydrogen-bond donors (Lipinski definition) is 0. The summed E-state index contributed by atoms with van der Waals surface area (Å²) in [7, 11) is 0. The molecule has 0 spiro atoms. The van der Waals surface area contributed by atoms with Gasteiger partial charge in [-0.25, -0.2) is 14.4 Å². The van der Waals surface area contributed by atoms with Gasteiger partial charge in [0.2, 0.25) is 0 Å². The Bertz CT molecular complexity index is 1550. The molecule has 0 N–H and O–H groups in total. The molecule has 0 aliphatic heterocycles. The first-order chi connectivity index (χ1) is 15.9. The molecule has 2 aromatic carbocycles. The lowest BCUT2D eigenvalue weighted by Gasteiger charge is -2.13. The highest BCUT2D eigenvalue weighted by Crippen LogP contribution is 2.35. The van der Waals surface area contributed by atoms with E-state index in [2.05, 4.69) is 10.2 Å². The van der Waals surface area contributed by atoms with Crippen molar-refractivity contribution in [3.05, 3.63) is 64.3 Å². The number of carbonyl (C=O) groups excluding carboxylic acids is 1. The Kier molecular flexibility index (Phi) is 5.55. The van der Waals surface area contributed by atoms with Crippen molar-refractivity contribution in [3.63, 3.8) is 0 Å². The third-order valence-electron chi connectivity index (χ3n) is 5.09. The van der Waals surface area contributed by atoms with Crippen LogP contribution in [0.1, 0.15) is 30.2 Å². The van der Waals surface area contributed by atoms with E-state index >= 15 is 0 Å². The summed E-state index contributed by atoms with van der Waals surface area (Å²) >= 11 is 13.7. The van der Waals surface area contributed by atoms with Gasteiger partial charge in [-0.05, 0) is 55.9 Å². The lowest BCUT2D eigenvalue weighted by Crippen LogP contribution is -2.05. The molecule has 3 aromatic heterocycles. The number of carbonyl (C=O) groups is 1. The predicted molar refractivity (Wildman–Crippen MR) is 126 cm³/mol. The molecule has 0 aliphatic carbocycles. The maximum Gasteiger partial charge on any atom is 0.197 e. The fourth-order valence-electron chi connectivity index (χ4n) is 3.49. The molecule has 5 rings (SSSR count). The van der Waals surface area contributed by atoms with Gasteiger partial charge in [0.15, 0.2) is 17.3 Å². The Morgan fingerprint density at radius 1 is 1.09 bits per heavy atom. The molecular formula is C22H15Cl2FN6OS. The van der Waals surface area contributed by atoms with Crippen LogP contribution in [0, 0.1) is 5.82 Å². The van der Waals surface area contributed by atoms with E-state index in [0.29, 0.717) is 59.8 Å². The van der Waals surface area contributed by atoms with E-state index in [1.165, 1.54) is 23.9 Å². The predicted octanol–water partition coefficient (Wildman–Crippen LogP) is 6.16. The molecule has 0 unspecified atom stereocenters. The lowest BCUT2D eigenvalue weighted by molar-refractivity contribution is 0.112. The summed E-state index contributed by atoms with van der Waals surface area (Å²) in [5.74, 6) is 0.00269. The number of hydrogen-bond acceptors (Lipinski definition) is 6. The number of aldehydes is 1. The van der Waals surface area contributed by atoms with Crippen LogP contribution in [0.4, 0.5) is 4.39 Å². The van der Waals surface area contributed by atoms with Crippen molar-refractivity contribution in [2.75, 3.05) is 0 Å². The van der Waals surface area contributed by atoms with Gasteiger partial charge < -0.3 is 4.57 Å². The fraction of sp³-hybridized carbons (Fsp3) is 0.136. The Morgan fingerprint density at radius 3 is 2.52 bits per heavy atom. The van der Waals surface area contributed by atoms with Gasteiger partial charge in [-0.2, -0.15) is 0 Å². The molecule has 0 atom stereocenters. The van der Waals surface area contributed by atoms with Crippen molar-refractivity contribution in [1.82, 2.24) is 29.3 Å². The maximum atomic E-state index is 13.9. The second-order valence-electron chi connectivity index (χ2n) is 7.56. The summed E-state index contributed by atoms with van der Waals surface area (Å²) in [5.41, 5.74) is 2.01. The molecule has 7 nitrogen and oxygen atoms in total. The van der Waals surface area contributed by atoms with Gasteiger partial charge in [0.05, 0.1) is 26.6 Å². The second kappa shape index (κ2) is 8.40. The van der Waals surface area contributed by atoms with Crippen LogP contribution >= 0.6 is 35.0 Å². The van der Waals surface area contributed by atoms with Gasteiger partial charge in [-0.1, -0.05) is 23.2 Å². The molecule has 33 heavy (non-hydrogen) atoms. The Balaban J connectivity index is 1.79. The van der Waals surface area contributed by atoms with E-state index in [0.717, 1.165) is 0 Å². The molecule has 0 saturated heterocycles. The zero-order chi connectivity index (χ0) is 23.3. The molecular weight excluding hydrogens is 486 g/mol. The van der Waals surface area contributed by atoms with Crippen LogP contribution in [0.5, 0.6) is 0 Å². The number of rotatable bonds is 5. The van der Waals surface area contributed by atoms with Gasteiger partial charge in [0.1, 0.15) is 17.2 Å². The van der Waals surface area contributed by atoms with Crippen molar-refractivity contribution < 1.29 is 9.18 Å². The molecule has 0 amide bonds. The summed E-state index contributed by atoms with van der Waals surface area (Å²) in [6.45, 7) is 4.04. The third kappa shape index (κ3) is 3.86. The van der Waals surface area contributed by atoms with Gasteiger partial charge in [-0.15, -0.1) is 10.2 Å². The molecule has 5 aromatic rings. The van der Waals surface area contributed by atoms with Crippen LogP contribution < -0.4 is 0 Å². The van der Waals surface area contributed by atoms with E-state index in [9.17, 15) is 9.18 Å². The fourth-order valence-corrected chi connectivity index (χ4v) is 4.81. The van der Waals surface area contributed by atoms with Crippen molar-refractivity contribution >= 4 is 63.2 Å². The Hall–Kier alpha value is -3.01. The third-order valence-corrected chi connectivity index (χ3v) is 6.76. The van der Waals surface area contributed by atoms with Crippen LogP contribution in [0.3, 0.4) is 0 Å². The van der Waals surface area contributed by atoms with E-state index < -0.39 is 5.82 Å². The van der Waals surface area contributed by atoms with Crippen LogP contribution in [0.25, 0.3) is 27.8 Å². The van der Waals surface area contributed by atoms with E-state index in [-0.39, 0.29) is 6.04 Å². The van der Waals surface area contributed by atoms with Gasteiger partial charge in [-0.3, -0.25) is 9.36 Å². The minimum Gasteiger partial charge on any atom is -0.306 e. The average Bonchev–Trinajstić information content (AvgIpc) is 3.38. The molecule has 166 valence electrons. The summed E-state index contributed by atoms with van der Waals surface area (Å²) in [4.78, 5) is 21.3. The first kappa shape index (κ1) is 21.8. The number of benzene rings is 2. The largest absolute Gasteiger partial charge is 0.306 e. The highest BCUT2D eigenvalue weighted by atomic mass is 35.5. The van der Waals surface area contributed by atoms with Gasteiger partial charge >= 0.3 is 0 Å². The van der Waals surface area contributed by atoms with Crippen LogP contribution in [-0.2, 0) is 0 Å². The maximum absolute atomic E-state index is 13.9. The summed E-state index contributed by atoms with van der Waals surface area (Å²) in [6, 6.07) is 7.66. The van der Waals surface area contributed by atoms with Crippen molar-refractivity contribution in [3.8, 4) is 5.82 Å². The van der Waals surface area contributed by atoms with Crippen LogP contribution in [-0.4, -0.2) is 35.6 Å². The van der Waals surface area contributed by atoms with E-state index in [4.69, 9.17) is 33.2 Å². The first-order valence-corrected chi connectivity index (χ1v) is 11.4. The number of aromatic nitrogens is 6. The standard InChI is InChI=1S/C22H15Cl2FN6OS/c1-11(2)31-10-26-29-22(31)33-21-20(27-17-6-15(23)16(24)7-18(17)28-21)30-8-12(9-32)14-5-13(25)3-4-19(14)30/h3-11H,1-2H3. The van der Waals surface area contributed by atoms with Crippen LogP contribution in [0.2, 0.25) is 10.0 Å². The Labute approximate surface area is 201 Å². The molecule has 0 aliphatic rings. The van der Waals surface area contributed by atoms with Crippen molar-refractivity contribution in [2.24, 2.45) is 0 Å². The summed E-state index contributed by atoms with van der Waals surface area (Å²) in [5, 5.41) is 10.5. The minimum atomic E-state index is -0.436. The molecule has 3 heterocycles. The minimum absolute atomic E-state index is 0.129. The van der Waals surface area contributed by atoms with Crippen molar-refractivity contribution in [1.29, 1.82) is 0 Å². The smallest absolute Gasteiger partial charge is 0.197 e. The quantitative estimate of drug-likeness (QED) is 0.269. The number of nitrogens with zero attached hydrogens (tertiary/aromatic N) is 6. The molecule has 0 fully saturated rings. The van der Waals surface area contributed by atoms with E-state index in [1.54, 1.807) is 35.3 Å². The highest BCUT2D eigenvalue weighted by Gasteiger charge is 2.20. The molecule has 0 saturated carbocycles. The van der Waals surface area contributed by atoms with Gasteiger partial charge in [0, 0.05) is 23.2 Å². The monoisotopic (exact) mass is 500 g/mol. The number of fused-ring (bicyclic) bond motifs is 2. The SMILES string of the molecule is CC(C)n1cnnc1Sc1nc2cc(Cl)c(Cl)cc2nc1-n1cc(C=O)c2cc(F)ccc21. The van der Waals surface area contributed by atoms with Crippen molar-refractivity contribution in [2.45, 2.75) is 30.1 Å². The zero-order valence-corrected chi connectivity index (χ0v) is 19.7. The van der Waals surface area contributed by atoms with E-state index in [1.807, 2.05) is 18.4 Å². The topological polar surface area (TPSA) is 78.5 Å². The second-order valence-corrected chi connectivity index (χ2v) is 9.33. The average molecular weight is 501 g/mol. The molecule has 0 bridgehead atoms. The Morgan fingerprint density at radius 2 is 1.82 bits per heavy atom. The van der Waals surface area contributed by atoms with Crippen LogP contribution in [0.15, 0.2) is 53.0 Å². The normalized spacial score (nSPS) is 11.7. The first-order valence-electron chi connectivity index (χ1n) is 9.86.